The number of nitrogens with one attached hydrogen (secondary N) is 2. The van der Waals surface area contributed by atoms with Crippen LogP contribution >= 0.6 is 11.8 Å². The van der Waals surface area contributed by atoms with Gasteiger partial charge in [-0.3, -0.25) is 9.59 Å². The predicted octanol–water partition coefficient (Wildman–Crippen LogP) is 1.26. The van der Waals surface area contributed by atoms with Crippen LogP contribution in [0.25, 0.3) is 0 Å². The third-order valence-electron chi connectivity index (χ3n) is 2.99. The van der Waals surface area contributed by atoms with E-state index >= 15 is 0 Å². The van der Waals surface area contributed by atoms with Gasteiger partial charge in [-0.1, -0.05) is 23.9 Å². The second-order valence-corrected chi connectivity index (χ2v) is 6.09. The number of nitrogens with two attached hydrogens (primary N) is 1. The van der Waals surface area contributed by atoms with E-state index in [9.17, 15) is 14.4 Å². The second-order valence-electron chi connectivity index (χ2n) is 4.76. The van der Waals surface area contributed by atoms with Crippen molar-refractivity contribution in [1.82, 2.24) is 9.97 Å². The SMILES string of the molecule is COC(=O)c1ccccc1NC(=O)C(C)Sc1nc(N)cc(=O)[nH]1. The van der Waals surface area contributed by atoms with E-state index in [1.54, 1.807) is 31.2 Å². The van der Waals surface area contributed by atoms with Gasteiger partial charge in [0.2, 0.25) is 5.91 Å². The number of hydrogen-bond acceptors (Lipinski definition) is 7. The fourth-order valence-electron chi connectivity index (χ4n) is 1.84. The fourth-order valence-corrected chi connectivity index (χ4v) is 2.66. The van der Waals surface area contributed by atoms with E-state index in [1.807, 2.05) is 0 Å². The fraction of sp³-hybridized carbons (Fsp3) is 0.200. The van der Waals surface area contributed by atoms with Gasteiger partial charge in [0.1, 0.15) is 5.82 Å². The Morgan fingerprint density at radius 2 is 2.08 bits per heavy atom. The predicted molar refractivity (Wildman–Crippen MR) is 91.0 cm³/mol. The third-order valence-corrected chi connectivity index (χ3v) is 3.97. The summed E-state index contributed by atoms with van der Waals surface area (Å²) < 4.78 is 4.68. The van der Waals surface area contributed by atoms with Crippen LogP contribution in [-0.4, -0.2) is 34.2 Å². The number of esters is 1. The van der Waals surface area contributed by atoms with Gasteiger partial charge in [-0.15, -0.1) is 0 Å². The van der Waals surface area contributed by atoms with Crippen molar-refractivity contribution >= 4 is 35.1 Å². The number of thioether (sulfide) groups is 1. The van der Waals surface area contributed by atoms with Crippen molar-refractivity contribution in [3.8, 4) is 0 Å². The number of aromatic nitrogens is 2. The molecule has 0 saturated carbocycles. The minimum absolute atomic E-state index is 0.0740. The summed E-state index contributed by atoms with van der Waals surface area (Å²) in [6.45, 7) is 1.64. The van der Waals surface area contributed by atoms with Crippen molar-refractivity contribution in [2.45, 2.75) is 17.3 Å². The van der Waals surface area contributed by atoms with Gasteiger partial charge in [0.05, 0.1) is 23.6 Å². The lowest BCUT2D eigenvalue weighted by atomic mass is 10.2. The van der Waals surface area contributed by atoms with E-state index in [1.165, 1.54) is 7.11 Å². The molecule has 1 amide bonds. The van der Waals surface area contributed by atoms with Crippen LogP contribution in [0.1, 0.15) is 17.3 Å². The van der Waals surface area contributed by atoms with Gasteiger partial charge in [0.25, 0.3) is 5.56 Å². The molecule has 0 aliphatic carbocycles. The number of carbonyl (C=O) groups excluding carboxylic acids is 2. The smallest absolute Gasteiger partial charge is 0.339 e. The summed E-state index contributed by atoms with van der Waals surface area (Å²) in [4.78, 5) is 41.8. The molecule has 0 bridgehead atoms. The molecule has 9 heteroatoms. The van der Waals surface area contributed by atoms with E-state index in [0.717, 1.165) is 17.8 Å². The first-order valence-corrected chi connectivity index (χ1v) is 7.80. The molecular formula is C15H16N4O4S. The van der Waals surface area contributed by atoms with Crippen molar-refractivity contribution in [1.29, 1.82) is 0 Å². The van der Waals surface area contributed by atoms with Crippen molar-refractivity contribution in [3.05, 3.63) is 46.2 Å². The molecule has 2 aromatic rings. The van der Waals surface area contributed by atoms with Gasteiger partial charge < -0.3 is 20.8 Å². The van der Waals surface area contributed by atoms with Crippen LogP contribution in [0.2, 0.25) is 0 Å². The number of methoxy groups -OCH3 is 1. The van der Waals surface area contributed by atoms with Crippen molar-refractivity contribution in [2.24, 2.45) is 0 Å². The lowest BCUT2D eigenvalue weighted by Gasteiger charge is -2.13. The summed E-state index contributed by atoms with van der Waals surface area (Å²) >= 11 is 1.04. The summed E-state index contributed by atoms with van der Waals surface area (Å²) in [7, 11) is 1.27. The Hall–Kier alpha value is -2.81. The molecule has 0 saturated heterocycles. The number of ether oxygens (including phenoxy) is 1. The Kier molecular flexibility index (Phi) is 5.59. The molecule has 1 aromatic carbocycles. The van der Waals surface area contributed by atoms with Crippen LogP contribution in [0, 0.1) is 0 Å². The van der Waals surface area contributed by atoms with E-state index in [2.05, 4.69) is 20.0 Å². The first-order chi connectivity index (χ1) is 11.4. The Morgan fingerprint density at radius 3 is 2.75 bits per heavy atom. The Morgan fingerprint density at radius 1 is 1.38 bits per heavy atom. The van der Waals surface area contributed by atoms with Crippen molar-refractivity contribution < 1.29 is 14.3 Å². The number of anilines is 2. The summed E-state index contributed by atoms with van der Waals surface area (Å²) in [5, 5.41) is 2.32. The number of aromatic amines is 1. The molecule has 0 radical (unpaired) electrons. The average molecular weight is 348 g/mol. The molecule has 2 rings (SSSR count). The maximum absolute atomic E-state index is 12.3. The first-order valence-electron chi connectivity index (χ1n) is 6.92. The van der Waals surface area contributed by atoms with Gasteiger partial charge in [-0.2, -0.15) is 0 Å². The van der Waals surface area contributed by atoms with Crippen LogP contribution in [0.3, 0.4) is 0 Å². The highest BCUT2D eigenvalue weighted by atomic mass is 32.2. The number of nitrogens with zero attached hydrogens (tertiary/aromatic N) is 1. The Bertz CT molecular complexity index is 821. The number of hydrogen-bond donors (Lipinski definition) is 3. The molecule has 126 valence electrons. The van der Waals surface area contributed by atoms with Crippen molar-refractivity contribution in [3.63, 3.8) is 0 Å². The highest BCUT2D eigenvalue weighted by molar-refractivity contribution is 8.00. The molecule has 0 spiro atoms. The lowest BCUT2D eigenvalue weighted by molar-refractivity contribution is -0.115. The van der Waals surface area contributed by atoms with E-state index in [4.69, 9.17) is 5.73 Å². The number of nitrogen functional groups attached to an aromatic ring is 1. The number of para-hydroxylation sites is 1. The zero-order chi connectivity index (χ0) is 17.7. The van der Waals surface area contributed by atoms with Crippen LogP contribution < -0.4 is 16.6 Å². The van der Waals surface area contributed by atoms with Gasteiger partial charge >= 0.3 is 5.97 Å². The lowest BCUT2D eigenvalue weighted by Crippen LogP contribution is -2.24. The standard InChI is InChI=1S/C15H16N4O4S/c1-8(24-15-18-11(16)7-12(20)19-15)13(21)17-10-6-4-3-5-9(10)14(22)23-2/h3-8H,1-2H3,(H,17,21)(H3,16,18,19,20). The normalized spacial score (nSPS) is 11.6. The summed E-state index contributed by atoms with van der Waals surface area (Å²) in [5.41, 5.74) is 5.71. The molecule has 8 nitrogen and oxygen atoms in total. The minimum atomic E-state index is -0.583. The summed E-state index contributed by atoms with van der Waals surface area (Å²) in [6.07, 6.45) is 0. The Balaban J connectivity index is 2.12. The molecule has 1 unspecified atom stereocenters. The van der Waals surface area contributed by atoms with E-state index < -0.39 is 16.8 Å². The maximum Gasteiger partial charge on any atom is 0.339 e. The number of benzene rings is 1. The number of rotatable bonds is 5. The van der Waals surface area contributed by atoms with Gasteiger partial charge in [-0.25, -0.2) is 9.78 Å². The molecule has 0 aliphatic heterocycles. The van der Waals surface area contributed by atoms with E-state index in [0.29, 0.717) is 5.69 Å². The molecule has 1 aromatic heterocycles. The van der Waals surface area contributed by atoms with E-state index in [-0.39, 0.29) is 22.4 Å². The number of H-pyrrole nitrogens is 1. The Labute approximate surface area is 141 Å². The summed E-state index contributed by atoms with van der Waals surface area (Å²) in [6, 6.07) is 7.66. The van der Waals surface area contributed by atoms with Crippen molar-refractivity contribution in [2.75, 3.05) is 18.2 Å². The minimum Gasteiger partial charge on any atom is -0.465 e. The third kappa shape index (κ3) is 4.35. The summed E-state index contributed by atoms with van der Waals surface area (Å²) in [5.74, 6) is -0.834. The highest BCUT2D eigenvalue weighted by Crippen LogP contribution is 2.22. The molecule has 4 N–H and O–H groups in total. The maximum atomic E-state index is 12.3. The molecule has 24 heavy (non-hydrogen) atoms. The van der Waals surface area contributed by atoms with Crippen LogP contribution in [0.15, 0.2) is 40.3 Å². The number of amides is 1. The average Bonchev–Trinajstić information content (AvgIpc) is 2.53. The zero-order valence-electron chi connectivity index (χ0n) is 13.0. The monoisotopic (exact) mass is 348 g/mol. The quantitative estimate of drug-likeness (QED) is 0.421. The molecule has 0 fully saturated rings. The topological polar surface area (TPSA) is 127 Å². The van der Waals surface area contributed by atoms with Crippen LogP contribution in [-0.2, 0) is 9.53 Å². The number of carbonyl (C=O) groups is 2. The van der Waals surface area contributed by atoms with Crippen LogP contribution in [0.5, 0.6) is 0 Å². The molecule has 0 aliphatic rings. The molecule has 1 atom stereocenters. The van der Waals surface area contributed by atoms with Gasteiger partial charge in [0.15, 0.2) is 5.16 Å². The first kappa shape index (κ1) is 17.5. The highest BCUT2D eigenvalue weighted by Gasteiger charge is 2.19. The zero-order valence-corrected chi connectivity index (χ0v) is 13.8. The second kappa shape index (κ2) is 7.64. The van der Waals surface area contributed by atoms with Gasteiger partial charge in [0, 0.05) is 6.07 Å². The molecule has 1 heterocycles. The van der Waals surface area contributed by atoms with Crippen LogP contribution in [0.4, 0.5) is 11.5 Å². The van der Waals surface area contributed by atoms with Gasteiger partial charge in [-0.05, 0) is 19.1 Å². The molecular weight excluding hydrogens is 332 g/mol. The largest absolute Gasteiger partial charge is 0.465 e.